The van der Waals surface area contributed by atoms with Gasteiger partial charge in [-0.2, -0.15) is 10.1 Å². The van der Waals surface area contributed by atoms with Gasteiger partial charge in [-0.1, -0.05) is 36.4 Å². The summed E-state index contributed by atoms with van der Waals surface area (Å²) in [4.78, 5) is 17.4. The third kappa shape index (κ3) is 4.27. The number of aryl methyl sites for hydroxylation is 2. The average molecular weight is 431 g/mol. The van der Waals surface area contributed by atoms with Crippen LogP contribution in [0.1, 0.15) is 19.5 Å². The summed E-state index contributed by atoms with van der Waals surface area (Å²) in [5.41, 5.74) is 4.29. The first kappa shape index (κ1) is 21.4. The molecule has 1 amide bonds. The Balaban J connectivity index is 1.65. The summed E-state index contributed by atoms with van der Waals surface area (Å²) in [6, 6.07) is 19.1. The van der Waals surface area contributed by atoms with Crippen molar-refractivity contribution < 1.29 is 14.3 Å². The fraction of sp³-hybridized carbons (Fsp3) is 0.240. The quantitative estimate of drug-likeness (QED) is 0.454. The maximum Gasteiger partial charge on any atom is 0.265 e. The summed E-state index contributed by atoms with van der Waals surface area (Å²) in [7, 11) is 1.58. The van der Waals surface area contributed by atoms with Gasteiger partial charge in [0, 0.05) is 24.4 Å². The highest BCUT2D eigenvalue weighted by Crippen LogP contribution is 2.33. The van der Waals surface area contributed by atoms with E-state index in [4.69, 9.17) is 9.47 Å². The Hall–Kier alpha value is -3.87. The molecule has 0 fully saturated rings. The SMILES string of the molecule is CCn1nc(C)c2c(-c3ccccc3)cc(O[C@@H](C)C(=O)Nc3cccc(OC)c3)nc21. The van der Waals surface area contributed by atoms with Crippen molar-refractivity contribution in [2.45, 2.75) is 33.4 Å². The zero-order valence-electron chi connectivity index (χ0n) is 18.6. The van der Waals surface area contributed by atoms with Gasteiger partial charge in [-0.15, -0.1) is 0 Å². The minimum atomic E-state index is -0.756. The zero-order chi connectivity index (χ0) is 22.7. The summed E-state index contributed by atoms with van der Waals surface area (Å²) in [5, 5.41) is 8.47. The van der Waals surface area contributed by atoms with Crippen LogP contribution in [0.5, 0.6) is 11.6 Å². The van der Waals surface area contributed by atoms with E-state index in [1.54, 1.807) is 26.2 Å². The Kier molecular flexibility index (Phi) is 6.07. The molecule has 32 heavy (non-hydrogen) atoms. The van der Waals surface area contributed by atoms with Gasteiger partial charge in [-0.05, 0) is 44.0 Å². The Morgan fingerprint density at radius 2 is 1.91 bits per heavy atom. The lowest BCUT2D eigenvalue weighted by atomic mass is 10.0. The second-order valence-electron chi connectivity index (χ2n) is 7.46. The van der Waals surface area contributed by atoms with E-state index < -0.39 is 6.10 Å². The van der Waals surface area contributed by atoms with Crippen LogP contribution in [0.4, 0.5) is 5.69 Å². The largest absolute Gasteiger partial charge is 0.497 e. The summed E-state index contributed by atoms with van der Waals surface area (Å²) < 4.78 is 13.1. The Bertz CT molecular complexity index is 1250. The Morgan fingerprint density at radius 3 is 2.62 bits per heavy atom. The van der Waals surface area contributed by atoms with E-state index in [2.05, 4.69) is 15.4 Å². The van der Waals surface area contributed by atoms with Crippen molar-refractivity contribution in [2.75, 3.05) is 12.4 Å². The van der Waals surface area contributed by atoms with Crippen LogP contribution < -0.4 is 14.8 Å². The number of methoxy groups -OCH3 is 1. The van der Waals surface area contributed by atoms with Gasteiger partial charge in [0.2, 0.25) is 5.88 Å². The fourth-order valence-electron chi connectivity index (χ4n) is 3.64. The van der Waals surface area contributed by atoms with Crippen molar-refractivity contribution in [1.82, 2.24) is 14.8 Å². The first-order valence-corrected chi connectivity index (χ1v) is 10.5. The maximum atomic E-state index is 12.7. The molecule has 164 valence electrons. The Labute approximate surface area is 187 Å². The number of nitrogens with one attached hydrogen (secondary N) is 1. The molecule has 2 aromatic heterocycles. The van der Waals surface area contributed by atoms with Crippen LogP contribution in [0.3, 0.4) is 0 Å². The van der Waals surface area contributed by atoms with Gasteiger partial charge in [0.1, 0.15) is 5.75 Å². The molecule has 4 aromatic rings. The third-order valence-electron chi connectivity index (χ3n) is 5.24. The van der Waals surface area contributed by atoms with E-state index in [9.17, 15) is 4.79 Å². The fourth-order valence-corrected chi connectivity index (χ4v) is 3.64. The van der Waals surface area contributed by atoms with Gasteiger partial charge in [0.25, 0.3) is 5.91 Å². The molecule has 0 saturated carbocycles. The van der Waals surface area contributed by atoms with Crippen LogP contribution in [0, 0.1) is 6.92 Å². The highest BCUT2D eigenvalue weighted by Gasteiger charge is 2.20. The topological polar surface area (TPSA) is 78.3 Å². The zero-order valence-corrected chi connectivity index (χ0v) is 18.6. The average Bonchev–Trinajstić information content (AvgIpc) is 3.14. The molecular formula is C25H26N4O3. The molecule has 1 N–H and O–H groups in total. The molecule has 2 heterocycles. The Morgan fingerprint density at radius 1 is 1.12 bits per heavy atom. The summed E-state index contributed by atoms with van der Waals surface area (Å²) in [5.74, 6) is 0.764. The van der Waals surface area contributed by atoms with Gasteiger partial charge < -0.3 is 14.8 Å². The van der Waals surface area contributed by atoms with Crippen molar-refractivity contribution in [2.24, 2.45) is 0 Å². The standard InChI is InChI=1S/C25H26N4O3/c1-5-29-24-23(16(2)28-29)21(18-10-7-6-8-11-18)15-22(27-24)32-17(3)25(30)26-19-12-9-13-20(14-19)31-4/h6-15,17H,5H2,1-4H3,(H,26,30)/t17-/m0/s1. The van der Waals surface area contributed by atoms with E-state index in [-0.39, 0.29) is 5.91 Å². The maximum absolute atomic E-state index is 12.7. The minimum Gasteiger partial charge on any atom is -0.497 e. The molecule has 0 aliphatic rings. The van der Waals surface area contributed by atoms with Crippen molar-refractivity contribution in [1.29, 1.82) is 0 Å². The number of carbonyl (C=O) groups excluding carboxylic acids is 1. The molecule has 0 saturated heterocycles. The molecule has 0 spiro atoms. The summed E-state index contributed by atoms with van der Waals surface area (Å²) in [6.45, 7) is 6.38. The normalized spacial score (nSPS) is 11.9. The van der Waals surface area contributed by atoms with Crippen molar-refractivity contribution in [3.63, 3.8) is 0 Å². The predicted molar refractivity (Wildman–Crippen MR) is 125 cm³/mol. The highest BCUT2D eigenvalue weighted by molar-refractivity contribution is 5.96. The lowest BCUT2D eigenvalue weighted by Gasteiger charge is -2.16. The van der Waals surface area contributed by atoms with Crippen LogP contribution in [0.25, 0.3) is 22.2 Å². The smallest absolute Gasteiger partial charge is 0.265 e. The van der Waals surface area contributed by atoms with E-state index in [1.165, 1.54) is 0 Å². The second kappa shape index (κ2) is 9.09. The lowest BCUT2D eigenvalue weighted by molar-refractivity contribution is -0.122. The number of hydrogen-bond donors (Lipinski definition) is 1. The molecule has 7 nitrogen and oxygen atoms in total. The highest BCUT2D eigenvalue weighted by atomic mass is 16.5. The summed E-state index contributed by atoms with van der Waals surface area (Å²) >= 11 is 0. The number of rotatable bonds is 7. The first-order chi connectivity index (χ1) is 15.5. The van der Waals surface area contributed by atoms with E-state index in [0.29, 0.717) is 23.9 Å². The number of amides is 1. The first-order valence-electron chi connectivity index (χ1n) is 10.5. The van der Waals surface area contributed by atoms with E-state index in [1.807, 2.05) is 67.1 Å². The minimum absolute atomic E-state index is 0.276. The molecule has 0 radical (unpaired) electrons. The van der Waals surface area contributed by atoms with Crippen molar-refractivity contribution in [3.05, 3.63) is 66.4 Å². The molecule has 4 rings (SSSR count). The van der Waals surface area contributed by atoms with Crippen LogP contribution in [0.15, 0.2) is 60.7 Å². The van der Waals surface area contributed by atoms with Crippen molar-refractivity contribution in [3.8, 4) is 22.8 Å². The predicted octanol–water partition coefficient (Wildman–Crippen LogP) is 4.84. The second-order valence-corrected chi connectivity index (χ2v) is 7.46. The van der Waals surface area contributed by atoms with Gasteiger partial charge in [-0.25, -0.2) is 4.68 Å². The monoisotopic (exact) mass is 430 g/mol. The summed E-state index contributed by atoms with van der Waals surface area (Å²) in [6.07, 6.45) is -0.756. The number of nitrogens with zero attached hydrogens (tertiary/aromatic N) is 3. The van der Waals surface area contributed by atoms with Crippen LogP contribution in [-0.4, -0.2) is 33.9 Å². The van der Waals surface area contributed by atoms with Gasteiger partial charge in [0.15, 0.2) is 11.8 Å². The van der Waals surface area contributed by atoms with E-state index in [0.717, 1.165) is 27.9 Å². The number of anilines is 1. The van der Waals surface area contributed by atoms with Crippen molar-refractivity contribution >= 4 is 22.6 Å². The van der Waals surface area contributed by atoms with Crippen LogP contribution in [-0.2, 0) is 11.3 Å². The van der Waals surface area contributed by atoms with Crippen LogP contribution >= 0.6 is 0 Å². The van der Waals surface area contributed by atoms with Crippen LogP contribution in [0.2, 0.25) is 0 Å². The number of fused-ring (bicyclic) bond motifs is 1. The number of pyridine rings is 1. The molecule has 0 unspecified atom stereocenters. The van der Waals surface area contributed by atoms with E-state index >= 15 is 0 Å². The third-order valence-corrected chi connectivity index (χ3v) is 5.24. The molecular weight excluding hydrogens is 404 g/mol. The number of benzene rings is 2. The molecule has 1 atom stereocenters. The molecule has 2 aromatic carbocycles. The molecule has 0 bridgehead atoms. The number of aromatic nitrogens is 3. The molecule has 0 aliphatic carbocycles. The molecule has 0 aliphatic heterocycles. The number of ether oxygens (including phenoxy) is 2. The lowest BCUT2D eigenvalue weighted by Crippen LogP contribution is -2.30. The van der Waals surface area contributed by atoms with Gasteiger partial charge in [0.05, 0.1) is 18.2 Å². The number of hydrogen-bond acceptors (Lipinski definition) is 5. The van der Waals surface area contributed by atoms with Gasteiger partial charge >= 0.3 is 0 Å². The number of carbonyl (C=O) groups is 1. The van der Waals surface area contributed by atoms with Gasteiger partial charge in [-0.3, -0.25) is 4.79 Å². The molecule has 7 heteroatoms.